The first-order valence-electron chi connectivity index (χ1n) is 11.2. The number of urea groups is 1. The van der Waals surface area contributed by atoms with Gasteiger partial charge in [0.05, 0.1) is 11.9 Å². The molecular weight excluding hydrogens is 418 g/mol. The summed E-state index contributed by atoms with van der Waals surface area (Å²) in [5.74, 6) is 3.07. The number of pyridine rings is 1. The van der Waals surface area contributed by atoms with Crippen molar-refractivity contribution in [1.29, 1.82) is 0 Å². The molecule has 2 N–H and O–H groups in total. The third kappa shape index (κ3) is 4.80. The summed E-state index contributed by atoms with van der Waals surface area (Å²) >= 11 is 0. The van der Waals surface area contributed by atoms with Crippen LogP contribution in [0.25, 0.3) is 0 Å². The van der Waals surface area contributed by atoms with Crippen molar-refractivity contribution in [3.63, 3.8) is 0 Å². The average Bonchev–Trinajstić information content (AvgIpc) is 3.27. The Kier molecular flexibility index (Phi) is 6.02. The molecule has 4 heterocycles. The van der Waals surface area contributed by atoms with Crippen molar-refractivity contribution in [2.45, 2.75) is 32.6 Å². The summed E-state index contributed by atoms with van der Waals surface area (Å²) in [6.45, 7) is 7.49. The molecule has 0 atom stereocenters. The van der Waals surface area contributed by atoms with Crippen LogP contribution in [-0.2, 0) is 0 Å². The van der Waals surface area contributed by atoms with Gasteiger partial charge in [-0.1, -0.05) is 19.8 Å². The van der Waals surface area contributed by atoms with E-state index in [1.165, 1.54) is 6.20 Å². The molecule has 0 unspecified atom stereocenters. The number of nitrogens with one attached hydrogen (secondary N) is 2. The summed E-state index contributed by atoms with van der Waals surface area (Å²) in [5, 5.41) is 2.96. The van der Waals surface area contributed by atoms with E-state index in [-0.39, 0.29) is 29.1 Å². The Hall–Kier alpha value is -3.54. The van der Waals surface area contributed by atoms with Crippen molar-refractivity contribution in [3.05, 3.63) is 35.5 Å². The van der Waals surface area contributed by atoms with Crippen LogP contribution in [0, 0.1) is 17.8 Å². The molecule has 33 heavy (non-hydrogen) atoms. The summed E-state index contributed by atoms with van der Waals surface area (Å²) in [4.78, 5) is 42.6. The van der Waals surface area contributed by atoms with E-state index in [0.29, 0.717) is 24.5 Å². The fourth-order valence-corrected chi connectivity index (χ4v) is 4.40. The molecule has 0 bridgehead atoms. The minimum absolute atomic E-state index is 0.0124. The van der Waals surface area contributed by atoms with Crippen LogP contribution in [0.3, 0.4) is 0 Å². The first-order chi connectivity index (χ1) is 15.7. The monoisotopic (exact) mass is 449 g/mol. The molecule has 0 saturated carbocycles. The van der Waals surface area contributed by atoms with E-state index < -0.39 is 0 Å². The number of H-pyrrole nitrogens is 1. The predicted octanol–water partition coefficient (Wildman–Crippen LogP) is 2.75. The van der Waals surface area contributed by atoms with E-state index in [0.717, 1.165) is 37.4 Å². The minimum atomic E-state index is -0.368. The van der Waals surface area contributed by atoms with E-state index in [1.54, 1.807) is 23.9 Å². The van der Waals surface area contributed by atoms with E-state index in [4.69, 9.17) is 11.4 Å². The smallest absolute Gasteiger partial charge is 0.319 e. The van der Waals surface area contributed by atoms with Gasteiger partial charge < -0.3 is 25.0 Å². The molecule has 2 aliphatic rings. The lowest BCUT2D eigenvalue weighted by Crippen LogP contribution is -2.49. The SMILES string of the molecule is C#Cc1cnc(C(=O)Nc2ccc(C3CN(C)C(=O)N(C)C3)nc2N2CCC(C)(C)CC2)[nH]1. The lowest BCUT2D eigenvalue weighted by molar-refractivity contribution is 0.101. The van der Waals surface area contributed by atoms with Crippen LogP contribution in [0.5, 0.6) is 0 Å². The van der Waals surface area contributed by atoms with Gasteiger partial charge in [0.15, 0.2) is 11.6 Å². The number of piperidine rings is 1. The Bertz CT molecular complexity index is 1080. The topological polar surface area (TPSA) is 97.5 Å². The van der Waals surface area contributed by atoms with Gasteiger partial charge in [-0.2, -0.15) is 0 Å². The van der Waals surface area contributed by atoms with Crippen molar-refractivity contribution in [3.8, 4) is 12.3 Å². The summed E-state index contributed by atoms with van der Waals surface area (Å²) in [7, 11) is 3.61. The lowest BCUT2D eigenvalue weighted by Gasteiger charge is -2.39. The van der Waals surface area contributed by atoms with Gasteiger partial charge in [0.2, 0.25) is 0 Å². The van der Waals surface area contributed by atoms with Crippen molar-refractivity contribution >= 4 is 23.4 Å². The zero-order valence-corrected chi connectivity index (χ0v) is 19.7. The van der Waals surface area contributed by atoms with Gasteiger partial charge in [-0.15, -0.1) is 6.42 Å². The molecule has 0 aromatic carbocycles. The van der Waals surface area contributed by atoms with E-state index in [2.05, 4.69) is 40.0 Å². The van der Waals surface area contributed by atoms with E-state index >= 15 is 0 Å². The van der Waals surface area contributed by atoms with E-state index in [1.807, 2.05) is 12.1 Å². The number of carbonyl (C=O) groups excluding carboxylic acids is 2. The standard InChI is InChI=1S/C24H31N7O2/c1-6-17-13-25-20(26-17)22(32)28-19-8-7-18(16-14-29(4)23(33)30(5)15-16)27-21(19)31-11-9-24(2,3)10-12-31/h1,7-8,13,16H,9-12,14-15H2,2-5H3,(H,25,26)(H,28,32). The number of anilines is 2. The molecule has 0 aliphatic carbocycles. The quantitative estimate of drug-likeness (QED) is 0.700. The molecule has 9 nitrogen and oxygen atoms in total. The Morgan fingerprint density at radius 2 is 1.88 bits per heavy atom. The van der Waals surface area contributed by atoms with Crippen molar-refractivity contribution in [2.24, 2.45) is 5.41 Å². The number of nitrogens with zero attached hydrogens (tertiary/aromatic N) is 5. The number of carbonyl (C=O) groups is 2. The molecule has 0 radical (unpaired) electrons. The van der Waals surface area contributed by atoms with Crippen molar-refractivity contribution < 1.29 is 9.59 Å². The number of aromatic nitrogens is 3. The second-order valence-electron chi connectivity index (χ2n) is 9.74. The molecule has 9 heteroatoms. The Labute approximate surface area is 194 Å². The van der Waals surface area contributed by atoms with Crippen molar-refractivity contribution in [1.82, 2.24) is 24.8 Å². The fourth-order valence-electron chi connectivity index (χ4n) is 4.40. The second-order valence-corrected chi connectivity index (χ2v) is 9.74. The number of aromatic amines is 1. The number of likely N-dealkylation sites (N-methyl/N-ethyl adjacent to an activating group) is 2. The highest BCUT2D eigenvalue weighted by Gasteiger charge is 2.31. The molecule has 2 aliphatic heterocycles. The average molecular weight is 450 g/mol. The summed E-state index contributed by atoms with van der Waals surface area (Å²) in [6.07, 6.45) is 8.92. The predicted molar refractivity (Wildman–Crippen MR) is 127 cm³/mol. The number of hydrogen-bond donors (Lipinski definition) is 2. The number of amides is 3. The molecule has 2 saturated heterocycles. The maximum atomic E-state index is 12.8. The third-order valence-corrected chi connectivity index (χ3v) is 6.57. The fraction of sp³-hybridized carbons (Fsp3) is 0.500. The number of imidazole rings is 1. The van der Waals surface area contributed by atoms with Gasteiger partial charge in [0, 0.05) is 51.9 Å². The molecule has 4 rings (SSSR count). The molecule has 3 amide bonds. The highest BCUT2D eigenvalue weighted by molar-refractivity contribution is 6.03. The zero-order valence-electron chi connectivity index (χ0n) is 19.7. The Morgan fingerprint density at radius 1 is 1.21 bits per heavy atom. The van der Waals surface area contributed by atoms with Gasteiger partial charge in [0.1, 0.15) is 5.69 Å². The largest absolute Gasteiger partial charge is 0.355 e. The summed E-state index contributed by atoms with van der Waals surface area (Å²) < 4.78 is 0. The summed E-state index contributed by atoms with van der Waals surface area (Å²) in [5.41, 5.74) is 2.28. The Balaban J connectivity index is 1.63. The number of terminal acetylenes is 1. The normalized spacial score (nSPS) is 18.9. The van der Waals surface area contributed by atoms with Crippen LogP contribution in [-0.4, -0.2) is 77.0 Å². The maximum absolute atomic E-state index is 12.8. The van der Waals surface area contributed by atoms with Crippen LogP contribution in [0.4, 0.5) is 16.3 Å². The first-order valence-corrected chi connectivity index (χ1v) is 11.2. The van der Waals surface area contributed by atoms with Crippen LogP contribution in [0.2, 0.25) is 0 Å². The van der Waals surface area contributed by atoms with Crippen LogP contribution >= 0.6 is 0 Å². The molecule has 0 spiro atoms. The Morgan fingerprint density at radius 3 is 2.48 bits per heavy atom. The van der Waals surface area contributed by atoms with Crippen LogP contribution in [0.15, 0.2) is 18.3 Å². The maximum Gasteiger partial charge on any atom is 0.319 e. The van der Waals surface area contributed by atoms with Gasteiger partial charge in [-0.3, -0.25) is 4.79 Å². The second kappa shape index (κ2) is 8.77. The molecule has 2 fully saturated rings. The van der Waals surface area contributed by atoms with Crippen LogP contribution < -0.4 is 10.2 Å². The molecular formula is C24H31N7O2. The molecule has 2 aromatic heterocycles. The van der Waals surface area contributed by atoms with E-state index in [9.17, 15) is 9.59 Å². The first kappa shape index (κ1) is 22.6. The lowest BCUT2D eigenvalue weighted by atomic mass is 9.82. The number of rotatable bonds is 4. The zero-order chi connectivity index (χ0) is 23.8. The minimum Gasteiger partial charge on any atom is -0.355 e. The van der Waals surface area contributed by atoms with Gasteiger partial charge in [0.25, 0.3) is 5.91 Å². The highest BCUT2D eigenvalue weighted by atomic mass is 16.2. The third-order valence-electron chi connectivity index (χ3n) is 6.57. The summed E-state index contributed by atoms with van der Waals surface area (Å²) in [6, 6.07) is 3.85. The molecule has 2 aromatic rings. The van der Waals surface area contributed by atoms with Crippen LogP contribution in [0.1, 0.15) is 54.6 Å². The molecule has 174 valence electrons. The van der Waals surface area contributed by atoms with Gasteiger partial charge in [-0.05, 0) is 30.4 Å². The van der Waals surface area contributed by atoms with Gasteiger partial charge >= 0.3 is 6.03 Å². The van der Waals surface area contributed by atoms with Gasteiger partial charge in [-0.25, -0.2) is 14.8 Å². The number of hydrogen-bond acceptors (Lipinski definition) is 5. The van der Waals surface area contributed by atoms with Crippen molar-refractivity contribution in [2.75, 3.05) is 50.5 Å². The highest BCUT2D eigenvalue weighted by Crippen LogP contribution is 2.35.